The predicted octanol–water partition coefficient (Wildman–Crippen LogP) is 2.30. The van der Waals surface area contributed by atoms with Gasteiger partial charge in [-0.1, -0.05) is 6.08 Å². The fraction of sp³-hybridized carbons (Fsp3) is 0.667. The number of amides is 1. The molecule has 0 heterocycles. The van der Waals surface area contributed by atoms with Gasteiger partial charge in [-0.25, -0.2) is 4.79 Å². The van der Waals surface area contributed by atoms with Crippen LogP contribution < -0.4 is 5.32 Å². The fourth-order valence-electron chi connectivity index (χ4n) is 0.619. The van der Waals surface area contributed by atoms with E-state index in [1.54, 1.807) is 26.8 Å². The Morgan fingerprint density at radius 3 is 2.54 bits per heavy atom. The molecular formula is C9H16ClNO2. The Morgan fingerprint density at radius 1 is 1.69 bits per heavy atom. The Kier molecular flexibility index (Phi) is 4.85. The monoisotopic (exact) mass is 205 g/mol. The summed E-state index contributed by atoms with van der Waals surface area (Å²) in [6.45, 7) is 8.93. The predicted molar refractivity (Wildman–Crippen MR) is 54.1 cm³/mol. The Morgan fingerprint density at radius 2 is 2.23 bits per heavy atom. The van der Waals surface area contributed by atoms with Gasteiger partial charge in [-0.15, -0.1) is 18.2 Å². The third-order valence-electron chi connectivity index (χ3n) is 1.15. The summed E-state index contributed by atoms with van der Waals surface area (Å²) in [6, 6.07) is -0.239. The largest absolute Gasteiger partial charge is 0.444 e. The molecule has 76 valence electrons. The molecule has 0 spiro atoms. The van der Waals surface area contributed by atoms with Crippen LogP contribution in [0.1, 0.15) is 20.8 Å². The van der Waals surface area contributed by atoms with E-state index in [0.29, 0.717) is 5.88 Å². The first-order valence-corrected chi connectivity index (χ1v) is 4.60. The van der Waals surface area contributed by atoms with Crippen LogP contribution in [0.3, 0.4) is 0 Å². The maximum absolute atomic E-state index is 11.1. The smallest absolute Gasteiger partial charge is 0.408 e. The van der Waals surface area contributed by atoms with Gasteiger partial charge in [-0.2, -0.15) is 0 Å². The molecule has 1 amide bonds. The van der Waals surface area contributed by atoms with Gasteiger partial charge in [0.05, 0.1) is 6.04 Å². The van der Waals surface area contributed by atoms with Crippen LogP contribution in [0, 0.1) is 0 Å². The van der Waals surface area contributed by atoms with Crippen LogP contribution in [-0.4, -0.2) is 23.6 Å². The summed E-state index contributed by atoms with van der Waals surface area (Å²) in [6.07, 6.45) is 1.09. The summed E-state index contributed by atoms with van der Waals surface area (Å²) in [4.78, 5) is 11.1. The van der Waals surface area contributed by atoms with E-state index in [9.17, 15) is 4.79 Å². The zero-order valence-electron chi connectivity index (χ0n) is 8.26. The maximum atomic E-state index is 11.1. The SMILES string of the molecule is C=C[C@H](CCl)NC(=O)OC(C)(C)C. The van der Waals surface area contributed by atoms with Crippen LogP contribution in [0.5, 0.6) is 0 Å². The van der Waals surface area contributed by atoms with Gasteiger partial charge in [0, 0.05) is 5.88 Å². The average Bonchev–Trinajstić information content (AvgIpc) is 1.96. The molecule has 0 rings (SSSR count). The lowest BCUT2D eigenvalue weighted by Gasteiger charge is -2.21. The van der Waals surface area contributed by atoms with Gasteiger partial charge >= 0.3 is 6.09 Å². The molecule has 1 N–H and O–H groups in total. The molecule has 0 radical (unpaired) electrons. The number of hydrogen-bond acceptors (Lipinski definition) is 2. The molecule has 0 bridgehead atoms. The summed E-state index contributed by atoms with van der Waals surface area (Å²) in [5.74, 6) is 0.294. The van der Waals surface area contributed by atoms with Crippen molar-refractivity contribution in [2.24, 2.45) is 0 Å². The summed E-state index contributed by atoms with van der Waals surface area (Å²) in [7, 11) is 0. The van der Waals surface area contributed by atoms with Crippen molar-refractivity contribution in [3.05, 3.63) is 12.7 Å². The number of ether oxygens (including phenoxy) is 1. The normalized spacial score (nSPS) is 13.2. The number of rotatable bonds is 3. The molecule has 0 unspecified atom stereocenters. The number of hydrogen-bond donors (Lipinski definition) is 1. The lowest BCUT2D eigenvalue weighted by atomic mass is 10.2. The van der Waals surface area contributed by atoms with Crippen LogP contribution in [-0.2, 0) is 4.74 Å². The van der Waals surface area contributed by atoms with Crippen molar-refractivity contribution < 1.29 is 9.53 Å². The fourth-order valence-corrected chi connectivity index (χ4v) is 0.823. The number of carbonyl (C=O) groups is 1. The average molecular weight is 206 g/mol. The highest BCUT2D eigenvalue weighted by Crippen LogP contribution is 2.06. The van der Waals surface area contributed by atoms with Crippen molar-refractivity contribution in [3.8, 4) is 0 Å². The Bertz CT molecular complexity index is 187. The number of alkyl halides is 1. The standard InChI is InChI=1S/C9H16ClNO2/c1-5-7(6-10)11-8(12)13-9(2,3)4/h5,7H,1,6H2,2-4H3,(H,11,12)/t7-/m1/s1. The van der Waals surface area contributed by atoms with Gasteiger partial charge in [-0.05, 0) is 20.8 Å². The molecule has 0 aromatic heterocycles. The minimum Gasteiger partial charge on any atom is -0.444 e. The van der Waals surface area contributed by atoms with Crippen molar-refractivity contribution in [1.29, 1.82) is 0 Å². The van der Waals surface area contributed by atoms with E-state index in [0.717, 1.165) is 0 Å². The second kappa shape index (κ2) is 5.12. The molecule has 0 aliphatic rings. The molecule has 0 saturated heterocycles. The molecule has 13 heavy (non-hydrogen) atoms. The first kappa shape index (κ1) is 12.3. The first-order valence-electron chi connectivity index (χ1n) is 4.07. The van der Waals surface area contributed by atoms with Crippen molar-refractivity contribution in [2.75, 3.05) is 5.88 Å². The summed E-state index contributed by atoms with van der Waals surface area (Å²) in [5, 5.41) is 2.56. The number of alkyl carbamates (subject to hydrolysis) is 1. The topological polar surface area (TPSA) is 38.3 Å². The van der Waals surface area contributed by atoms with Crippen molar-refractivity contribution >= 4 is 17.7 Å². The highest BCUT2D eigenvalue weighted by molar-refractivity contribution is 6.18. The van der Waals surface area contributed by atoms with Crippen molar-refractivity contribution in [3.63, 3.8) is 0 Å². The van der Waals surface area contributed by atoms with E-state index >= 15 is 0 Å². The second-order valence-electron chi connectivity index (χ2n) is 3.64. The van der Waals surface area contributed by atoms with E-state index in [-0.39, 0.29) is 6.04 Å². The molecule has 4 heteroatoms. The molecule has 1 atom stereocenters. The molecule has 0 saturated carbocycles. The molecule has 0 aromatic rings. The third kappa shape index (κ3) is 6.46. The zero-order chi connectivity index (χ0) is 10.5. The molecule has 0 fully saturated rings. The van der Waals surface area contributed by atoms with Gasteiger partial charge in [0.2, 0.25) is 0 Å². The summed E-state index contributed by atoms with van der Waals surface area (Å²) in [5.41, 5.74) is -0.484. The Labute approximate surface area is 84.1 Å². The van der Waals surface area contributed by atoms with Gasteiger partial charge in [0.15, 0.2) is 0 Å². The van der Waals surface area contributed by atoms with E-state index < -0.39 is 11.7 Å². The zero-order valence-corrected chi connectivity index (χ0v) is 9.02. The number of halogens is 1. The third-order valence-corrected chi connectivity index (χ3v) is 1.49. The second-order valence-corrected chi connectivity index (χ2v) is 3.95. The summed E-state index contributed by atoms with van der Waals surface area (Å²) >= 11 is 5.54. The highest BCUT2D eigenvalue weighted by atomic mass is 35.5. The minimum atomic E-state index is -0.484. The van der Waals surface area contributed by atoms with Crippen LogP contribution >= 0.6 is 11.6 Å². The van der Waals surface area contributed by atoms with Crippen molar-refractivity contribution in [2.45, 2.75) is 32.4 Å². The maximum Gasteiger partial charge on any atom is 0.408 e. The Hall–Kier alpha value is -0.700. The van der Waals surface area contributed by atoms with Gasteiger partial charge < -0.3 is 10.1 Å². The van der Waals surface area contributed by atoms with Crippen LogP contribution in [0.25, 0.3) is 0 Å². The lowest BCUT2D eigenvalue weighted by molar-refractivity contribution is 0.0518. The quantitative estimate of drug-likeness (QED) is 0.567. The molecular weight excluding hydrogens is 190 g/mol. The highest BCUT2D eigenvalue weighted by Gasteiger charge is 2.17. The van der Waals surface area contributed by atoms with Gasteiger partial charge in [0.1, 0.15) is 5.60 Å². The van der Waals surface area contributed by atoms with E-state index in [2.05, 4.69) is 11.9 Å². The Balaban J connectivity index is 3.93. The van der Waals surface area contributed by atoms with E-state index in [4.69, 9.17) is 16.3 Å². The van der Waals surface area contributed by atoms with Crippen LogP contribution in [0.15, 0.2) is 12.7 Å². The van der Waals surface area contributed by atoms with Crippen LogP contribution in [0.2, 0.25) is 0 Å². The van der Waals surface area contributed by atoms with Gasteiger partial charge in [0.25, 0.3) is 0 Å². The van der Waals surface area contributed by atoms with Crippen molar-refractivity contribution in [1.82, 2.24) is 5.32 Å². The minimum absolute atomic E-state index is 0.239. The number of nitrogens with one attached hydrogen (secondary N) is 1. The van der Waals surface area contributed by atoms with Crippen LogP contribution in [0.4, 0.5) is 4.79 Å². The van der Waals surface area contributed by atoms with Gasteiger partial charge in [-0.3, -0.25) is 0 Å². The lowest BCUT2D eigenvalue weighted by Crippen LogP contribution is -2.38. The molecule has 0 aromatic carbocycles. The van der Waals surface area contributed by atoms with E-state index in [1.165, 1.54) is 0 Å². The molecule has 0 aliphatic heterocycles. The molecule has 3 nitrogen and oxygen atoms in total. The summed E-state index contributed by atoms with van der Waals surface area (Å²) < 4.78 is 5.02. The number of carbonyl (C=O) groups excluding carboxylic acids is 1. The molecule has 0 aliphatic carbocycles. The van der Waals surface area contributed by atoms with E-state index in [1.807, 2.05) is 0 Å². The first-order chi connectivity index (χ1) is 5.89.